The van der Waals surface area contributed by atoms with Crippen molar-refractivity contribution in [1.82, 2.24) is 0 Å². The number of rotatable bonds is 3. The maximum absolute atomic E-state index is 12.8. The van der Waals surface area contributed by atoms with Gasteiger partial charge in [-0.05, 0) is 59.4 Å². The number of nitrogens with two attached hydrogens (primary N) is 1. The standard InChI is InChI=1S/C23H24N2O2S/c1-16-11-12-18(15-21(16)17-7-4-3-5-8-17)25-14-13-19-20(9-6-10-22(19)24)23(25)28(2,26)27/h3-12,15,23H,13-14,24H2,1-2H3. The van der Waals surface area contributed by atoms with Crippen LogP contribution in [-0.2, 0) is 16.3 Å². The van der Waals surface area contributed by atoms with Crippen molar-refractivity contribution in [2.45, 2.75) is 18.7 Å². The zero-order valence-electron chi connectivity index (χ0n) is 16.1. The van der Waals surface area contributed by atoms with Gasteiger partial charge in [0.05, 0.1) is 0 Å². The number of sulfone groups is 1. The van der Waals surface area contributed by atoms with E-state index in [0.29, 0.717) is 12.2 Å². The van der Waals surface area contributed by atoms with Crippen LogP contribution in [-0.4, -0.2) is 21.2 Å². The molecule has 0 aromatic heterocycles. The van der Waals surface area contributed by atoms with Gasteiger partial charge in [-0.3, -0.25) is 0 Å². The first-order valence-corrected chi connectivity index (χ1v) is 11.3. The SMILES string of the molecule is Cc1ccc(N2CCc3c(N)cccc3C2S(C)(=O)=O)cc1-c1ccccc1. The molecule has 5 heteroatoms. The Bertz CT molecular complexity index is 1120. The first kappa shape index (κ1) is 18.6. The molecule has 4 rings (SSSR count). The van der Waals surface area contributed by atoms with Crippen molar-refractivity contribution in [3.05, 3.63) is 83.4 Å². The number of fused-ring (bicyclic) bond motifs is 1. The average molecular weight is 393 g/mol. The largest absolute Gasteiger partial charge is 0.398 e. The Kier molecular flexibility index (Phi) is 4.63. The Morgan fingerprint density at radius 3 is 2.46 bits per heavy atom. The molecule has 1 aliphatic rings. The van der Waals surface area contributed by atoms with Crippen LogP contribution in [0.4, 0.5) is 11.4 Å². The van der Waals surface area contributed by atoms with Crippen molar-refractivity contribution < 1.29 is 8.42 Å². The molecule has 4 nitrogen and oxygen atoms in total. The van der Waals surface area contributed by atoms with Crippen LogP contribution in [0.3, 0.4) is 0 Å². The quantitative estimate of drug-likeness (QED) is 0.673. The fraction of sp³-hybridized carbons (Fsp3) is 0.217. The molecule has 0 bridgehead atoms. The lowest BCUT2D eigenvalue weighted by Crippen LogP contribution is -2.39. The van der Waals surface area contributed by atoms with E-state index in [-0.39, 0.29) is 0 Å². The van der Waals surface area contributed by atoms with E-state index in [0.717, 1.165) is 39.9 Å². The van der Waals surface area contributed by atoms with Gasteiger partial charge in [0.25, 0.3) is 0 Å². The Morgan fingerprint density at radius 2 is 1.75 bits per heavy atom. The molecule has 2 N–H and O–H groups in total. The molecule has 144 valence electrons. The van der Waals surface area contributed by atoms with E-state index in [9.17, 15) is 8.42 Å². The van der Waals surface area contributed by atoms with Crippen molar-refractivity contribution in [1.29, 1.82) is 0 Å². The summed E-state index contributed by atoms with van der Waals surface area (Å²) in [6, 6.07) is 21.9. The highest BCUT2D eigenvalue weighted by molar-refractivity contribution is 7.91. The number of benzene rings is 3. The number of aryl methyl sites for hydroxylation is 1. The van der Waals surface area contributed by atoms with Gasteiger partial charge in [-0.25, -0.2) is 8.42 Å². The van der Waals surface area contributed by atoms with Crippen LogP contribution in [0.25, 0.3) is 11.1 Å². The number of hydrogen-bond acceptors (Lipinski definition) is 4. The monoisotopic (exact) mass is 392 g/mol. The number of nitrogen functional groups attached to an aromatic ring is 1. The molecule has 0 saturated carbocycles. The Balaban J connectivity index is 1.85. The first-order chi connectivity index (χ1) is 13.4. The zero-order valence-corrected chi connectivity index (χ0v) is 16.9. The maximum Gasteiger partial charge on any atom is 0.172 e. The summed E-state index contributed by atoms with van der Waals surface area (Å²) in [4.78, 5) is 1.99. The molecule has 0 spiro atoms. The summed E-state index contributed by atoms with van der Waals surface area (Å²) < 4.78 is 25.6. The molecule has 0 amide bonds. The Morgan fingerprint density at radius 1 is 1.00 bits per heavy atom. The van der Waals surface area contributed by atoms with Crippen molar-refractivity contribution >= 4 is 21.2 Å². The van der Waals surface area contributed by atoms with E-state index in [1.54, 1.807) is 0 Å². The van der Waals surface area contributed by atoms with Crippen LogP contribution in [0, 0.1) is 6.92 Å². The lowest BCUT2D eigenvalue weighted by molar-refractivity contribution is 0.574. The van der Waals surface area contributed by atoms with Crippen LogP contribution >= 0.6 is 0 Å². The minimum Gasteiger partial charge on any atom is -0.398 e. The molecule has 28 heavy (non-hydrogen) atoms. The van der Waals surface area contributed by atoms with Gasteiger partial charge in [0.15, 0.2) is 15.2 Å². The van der Waals surface area contributed by atoms with Crippen LogP contribution in [0.5, 0.6) is 0 Å². The van der Waals surface area contributed by atoms with E-state index in [1.165, 1.54) is 6.26 Å². The number of hydrogen-bond donors (Lipinski definition) is 1. The highest BCUT2D eigenvalue weighted by atomic mass is 32.2. The number of anilines is 2. The van der Waals surface area contributed by atoms with E-state index in [1.807, 2.05) is 47.4 Å². The molecular formula is C23H24N2O2S. The van der Waals surface area contributed by atoms with Gasteiger partial charge >= 0.3 is 0 Å². The summed E-state index contributed by atoms with van der Waals surface area (Å²) >= 11 is 0. The molecular weight excluding hydrogens is 368 g/mol. The highest BCUT2D eigenvalue weighted by Crippen LogP contribution is 2.40. The van der Waals surface area contributed by atoms with Crippen LogP contribution in [0.1, 0.15) is 22.1 Å². The predicted octanol–water partition coefficient (Wildman–Crippen LogP) is 4.35. The molecule has 1 heterocycles. The Labute approximate surface area is 166 Å². The molecule has 0 saturated heterocycles. The first-order valence-electron chi connectivity index (χ1n) is 9.35. The molecule has 0 fully saturated rings. The lowest BCUT2D eigenvalue weighted by Gasteiger charge is -2.38. The molecule has 1 aliphatic heterocycles. The van der Waals surface area contributed by atoms with Crippen molar-refractivity contribution in [3.63, 3.8) is 0 Å². The third kappa shape index (κ3) is 3.27. The van der Waals surface area contributed by atoms with Gasteiger partial charge < -0.3 is 10.6 Å². The summed E-state index contributed by atoms with van der Waals surface area (Å²) in [5.41, 5.74) is 12.8. The normalized spacial score (nSPS) is 16.6. The third-order valence-electron chi connectivity index (χ3n) is 5.44. The van der Waals surface area contributed by atoms with Gasteiger partial charge in [0.2, 0.25) is 0 Å². The summed E-state index contributed by atoms with van der Waals surface area (Å²) in [7, 11) is -3.37. The van der Waals surface area contributed by atoms with Crippen molar-refractivity contribution in [3.8, 4) is 11.1 Å². The topological polar surface area (TPSA) is 63.4 Å². The summed E-state index contributed by atoms with van der Waals surface area (Å²) in [6.45, 7) is 2.68. The zero-order chi connectivity index (χ0) is 19.9. The second-order valence-electron chi connectivity index (χ2n) is 7.41. The summed E-state index contributed by atoms with van der Waals surface area (Å²) in [6.07, 6.45) is 2.03. The van der Waals surface area contributed by atoms with E-state index < -0.39 is 15.2 Å². The second-order valence-corrected chi connectivity index (χ2v) is 9.51. The van der Waals surface area contributed by atoms with Gasteiger partial charge in [0, 0.05) is 24.2 Å². The van der Waals surface area contributed by atoms with Crippen LogP contribution < -0.4 is 10.6 Å². The molecule has 3 aromatic carbocycles. The fourth-order valence-electron chi connectivity index (χ4n) is 4.10. The lowest BCUT2D eigenvalue weighted by atomic mass is 9.95. The highest BCUT2D eigenvalue weighted by Gasteiger charge is 2.35. The fourth-order valence-corrected chi connectivity index (χ4v) is 5.48. The van der Waals surface area contributed by atoms with E-state index in [4.69, 9.17) is 5.73 Å². The van der Waals surface area contributed by atoms with Crippen molar-refractivity contribution in [2.75, 3.05) is 23.4 Å². The molecule has 0 radical (unpaired) electrons. The molecule has 0 aliphatic carbocycles. The molecule has 1 unspecified atom stereocenters. The minimum absolute atomic E-state index is 0.607. The Hall–Kier alpha value is -2.79. The van der Waals surface area contributed by atoms with Crippen LogP contribution in [0.15, 0.2) is 66.7 Å². The van der Waals surface area contributed by atoms with E-state index >= 15 is 0 Å². The summed E-state index contributed by atoms with van der Waals surface area (Å²) in [5.74, 6) is 0. The minimum atomic E-state index is -3.37. The van der Waals surface area contributed by atoms with Gasteiger partial charge in [-0.2, -0.15) is 0 Å². The predicted molar refractivity (Wildman–Crippen MR) is 116 cm³/mol. The smallest absolute Gasteiger partial charge is 0.172 e. The van der Waals surface area contributed by atoms with Gasteiger partial charge in [-0.15, -0.1) is 0 Å². The molecule has 3 aromatic rings. The summed E-state index contributed by atoms with van der Waals surface area (Å²) in [5, 5.41) is -0.730. The average Bonchev–Trinajstić information content (AvgIpc) is 2.68. The van der Waals surface area contributed by atoms with E-state index in [2.05, 4.69) is 31.2 Å². The molecule has 1 atom stereocenters. The third-order valence-corrected chi connectivity index (χ3v) is 6.76. The van der Waals surface area contributed by atoms with Crippen LogP contribution in [0.2, 0.25) is 0 Å². The maximum atomic E-state index is 12.8. The second kappa shape index (κ2) is 6.99. The van der Waals surface area contributed by atoms with Crippen molar-refractivity contribution in [2.24, 2.45) is 0 Å². The van der Waals surface area contributed by atoms with Gasteiger partial charge in [-0.1, -0.05) is 48.5 Å². The number of nitrogens with zero attached hydrogens (tertiary/aromatic N) is 1. The van der Waals surface area contributed by atoms with Gasteiger partial charge in [0.1, 0.15) is 0 Å².